The normalized spacial score (nSPS) is 16.3. The molecule has 1 unspecified atom stereocenters. The number of benzene rings is 2. The van der Waals surface area contributed by atoms with Crippen LogP contribution in [0.2, 0.25) is 10.0 Å². The lowest BCUT2D eigenvalue weighted by Crippen LogP contribution is -2.48. The van der Waals surface area contributed by atoms with Crippen LogP contribution in [0.5, 0.6) is 0 Å². The van der Waals surface area contributed by atoms with Gasteiger partial charge in [-0.05, 0) is 50.0 Å². The number of amidine groups is 1. The van der Waals surface area contributed by atoms with Gasteiger partial charge in [-0.3, -0.25) is 9.59 Å². The first-order chi connectivity index (χ1) is 14.0. The lowest BCUT2D eigenvalue weighted by Gasteiger charge is -2.29. The maximum Gasteiger partial charge on any atom is 0.270 e. The van der Waals surface area contributed by atoms with Gasteiger partial charge < -0.3 is 16.4 Å². The summed E-state index contributed by atoms with van der Waals surface area (Å²) in [6, 6.07) is 12.9. The number of nitrogens with zero attached hydrogens (tertiary/aromatic N) is 1. The molecule has 29 heavy (non-hydrogen) atoms. The Bertz CT molecular complexity index is 912. The molecule has 2 aromatic carbocycles. The van der Waals surface area contributed by atoms with E-state index in [-0.39, 0.29) is 16.8 Å². The predicted octanol–water partition coefficient (Wildman–Crippen LogP) is 3.02. The number of carbonyl (C=O) groups is 2. The molecule has 1 saturated heterocycles. The molecule has 152 valence electrons. The monoisotopic (exact) mass is 432 g/mol. The Morgan fingerprint density at radius 2 is 1.72 bits per heavy atom. The molecule has 3 rings (SSSR count). The third-order valence-electron chi connectivity index (χ3n) is 4.89. The topological polar surface area (TPSA) is 96.6 Å². The van der Waals surface area contributed by atoms with Crippen molar-refractivity contribution in [2.45, 2.75) is 18.9 Å². The number of nitrogens with two attached hydrogens (primary N) is 1. The van der Waals surface area contributed by atoms with E-state index in [1.807, 2.05) is 18.2 Å². The molecule has 1 atom stereocenters. The molecule has 2 aromatic rings. The van der Waals surface area contributed by atoms with Gasteiger partial charge in [0, 0.05) is 11.1 Å². The Kier molecular flexibility index (Phi) is 7.25. The van der Waals surface area contributed by atoms with E-state index in [2.05, 4.69) is 15.6 Å². The summed E-state index contributed by atoms with van der Waals surface area (Å²) in [6.45, 7) is 1.55. The van der Waals surface area contributed by atoms with Crippen molar-refractivity contribution in [2.75, 3.05) is 13.1 Å². The van der Waals surface area contributed by atoms with E-state index >= 15 is 0 Å². The van der Waals surface area contributed by atoms with Crippen LogP contribution in [0.1, 0.15) is 28.8 Å². The van der Waals surface area contributed by atoms with Gasteiger partial charge >= 0.3 is 0 Å². The molecular weight excluding hydrogens is 411 g/mol. The number of amides is 2. The number of carbonyl (C=O) groups excluding carboxylic acids is 2. The second-order valence-corrected chi connectivity index (χ2v) is 7.68. The van der Waals surface area contributed by atoms with Crippen molar-refractivity contribution in [3.05, 3.63) is 69.7 Å². The van der Waals surface area contributed by atoms with Crippen LogP contribution in [0.25, 0.3) is 0 Å². The smallest absolute Gasteiger partial charge is 0.270 e. The summed E-state index contributed by atoms with van der Waals surface area (Å²) >= 11 is 11.9. The molecule has 4 N–H and O–H groups in total. The van der Waals surface area contributed by atoms with Crippen LogP contribution in [0, 0.1) is 5.92 Å². The zero-order chi connectivity index (χ0) is 20.8. The van der Waals surface area contributed by atoms with Crippen LogP contribution in [-0.4, -0.2) is 36.8 Å². The number of rotatable bonds is 5. The van der Waals surface area contributed by atoms with Crippen molar-refractivity contribution in [1.29, 1.82) is 0 Å². The molecular formula is C21H22Cl2N4O2. The highest BCUT2D eigenvalue weighted by atomic mass is 35.5. The highest BCUT2D eigenvalue weighted by Crippen LogP contribution is 2.23. The standard InChI is InChI=1S/C21H22Cl2N4O2/c22-16-7-6-15(12-17(16)23)20(28)26-18(13-8-10-25-11-9-13)21(29)27-19(24)14-4-2-1-3-5-14/h1-7,12-13,18,25H,8-11H2,(H,26,28)(H2,24,27,29). The minimum absolute atomic E-state index is 0.0391. The van der Waals surface area contributed by atoms with Gasteiger partial charge in [0.05, 0.1) is 10.0 Å². The van der Waals surface area contributed by atoms with E-state index in [4.69, 9.17) is 28.9 Å². The fraction of sp³-hybridized carbons (Fsp3) is 0.286. The first-order valence-corrected chi connectivity index (χ1v) is 10.1. The molecule has 6 nitrogen and oxygen atoms in total. The molecule has 1 aliphatic heterocycles. The van der Waals surface area contributed by atoms with Gasteiger partial charge in [0.25, 0.3) is 11.8 Å². The molecule has 8 heteroatoms. The summed E-state index contributed by atoms with van der Waals surface area (Å²) in [5.41, 5.74) is 6.99. The van der Waals surface area contributed by atoms with Crippen molar-refractivity contribution in [1.82, 2.24) is 10.6 Å². The van der Waals surface area contributed by atoms with E-state index in [1.54, 1.807) is 24.3 Å². The van der Waals surface area contributed by atoms with E-state index in [1.165, 1.54) is 6.07 Å². The summed E-state index contributed by atoms with van der Waals surface area (Å²) in [7, 11) is 0. The maximum atomic E-state index is 13.0. The molecule has 0 radical (unpaired) electrons. The van der Waals surface area contributed by atoms with Crippen molar-refractivity contribution in [3.63, 3.8) is 0 Å². The Labute approximate surface area is 179 Å². The van der Waals surface area contributed by atoms with Crippen LogP contribution < -0.4 is 16.4 Å². The second kappa shape index (κ2) is 9.87. The first-order valence-electron chi connectivity index (χ1n) is 9.36. The van der Waals surface area contributed by atoms with Crippen molar-refractivity contribution >= 4 is 40.9 Å². The Hall–Kier alpha value is -2.41. The van der Waals surface area contributed by atoms with Crippen LogP contribution in [0.3, 0.4) is 0 Å². The summed E-state index contributed by atoms with van der Waals surface area (Å²) in [5, 5.41) is 6.71. The third-order valence-corrected chi connectivity index (χ3v) is 5.63. The van der Waals surface area contributed by atoms with Gasteiger partial charge in [-0.2, -0.15) is 4.99 Å². The lowest BCUT2D eigenvalue weighted by molar-refractivity contribution is -0.121. The maximum absolute atomic E-state index is 13.0. The molecule has 0 bridgehead atoms. The molecule has 0 aliphatic carbocycles. The number of nitrogens with one attached hydrogen (secondary N) is 2. The van der Waals surface area contributed by atoms with Crippen molar-refractivity contribution < 1.29 is 9.59 Å². The molecule has 0 spiro atoms. The fourth-order valence-electron chi connectivity index (χ4n) is 3.28. The Morgan fingerprint density at radius 1 is 1.03 bits per heavy atom. The average Bonchev–Trinajstić information content (AvgIpc) is 2.74. The van der Waals surface area contributed by atoms with Crippen LogP contribution >= 0.6 is 23.2 Å². The molecule has 1 fully saturated rings. The average molecular weight is 433 g/mol. The number of piperidine rings is 1. The largest absolute Gasteiger partial charge is 0.383 e. The van der Waals surface area contributed by atoms with Gasteiger partial charge in [-0.1, -0.05) is 53.5 Å². The first kappa shape index (κ1) is 21.3. The third kappa shape index (κ3) is 5.56. The van der Waals surface area contributed by atoms with Crippen LogP contribution in [0.15, 0.2) is 53.5 Å². The Morgan fingerprint density at radius 3 is 2.38 bits per heavy atom. The predicted molar refractivity (Wildman–Crippen MR) is 115 cm³/mol. The summed E-state index contributed by atoms with van der Waals surface area (Å²) < 4.78 is 0. The lowest BCUT2D eigenvalue weighted by atomic mass is 9.89. The number of halogens is 2. The number of hydrogen-bond acceptors (Lipinski definition) is 3. The molecule has 1 aliphatic rings. The van der Waals surface area contributed by atoms with Gasteiger partial charge in [0.2, 0.25) is 0 Å². The quantitative estimate of drug-likeness (QED) is 0.499. The Balaban J connectivity index is 1.83. The second-order valence-electron chi connectivity index (χ2n) is 6.87. The molecule has 2 amide bonds. The van der Waals surface area contributed by atoms with Crippen molar-refractivity contribution in [2.24, 2.45) is 16.6 Å². The minimum Gasteiger partial charge on any atom is -0.383 e. The molecule has 0 saturated carbocycles. The minimum atomic E-state index is -0.777. The van der Waals surface area contributed by atoms with Crippen LogP contribution in [0.4, 0.5) is 0 Å². The van der Waals surface area contributed by atoms with Gasteiger partial charge in [0.1, 0.15) is 11.9 Å². The highest BCUT2D eigenvalue weighted by molar-refractivity contribution is 6.42. The van der Waals surface area contributed by atoms with Gasteiger partial charge in [-0.15, -0.1) is 0 Å². The summed E-state index contributed by atoms with van der Waals surface area (Å²) in [5.74, 6) is -0.790. The zero-order valence-corrected chi connectivity index (χ0v) is 17.2. The van der Waals surface area contributed by atoms with E-state index < -0.39 is 17.9 Å². The van der Waals surface area contributed by atoms with Crippen molar-refractivity contribution in [3.8, 4) is 0 Å². The number of hydrogen-bond donors (Lipinski definition) is 3. The van der Waals surface area contributed by atoms with Gasteiger partial charge in [-0.25, -0.2) is 0 Å². The number of aliphatic imine (C=N–C) groups is 1. The van der Waals surface area contributed by atoms with E-state index in [9.17, 15) is 9.59 Å². The fourth-order valence-corrected chi connectivity index (χ4v) is 3.58. The van der Waals surface area contributed by atoms with E-state index in [0.29, 0.717) is 16.1 Å². The summed E-state index contributed by atoms with van der Waals surface area (Å²) in [6.07, 6.45) is 1.50. The molecule has 0 aromatic heterocycles. The zero-order valence-electron chi connectivity index (χ0n) is 15.7. The van der Waals surface area contributed by atoms with Crippen LogP contribution in [-0.2, 0) is 4.79 Å². The molecule has 1 heterocycles. The SMILES string of the molecule is NC(=NC(=O)C(NC(=O)c1ccc(Cl)c(Cl)c1)C1CCNCC1)c1ccccc1. The summed E-state index contributed by atoms with van der Waals surface area (Å²) in [4.78, 5) is 29.8. The van der Waals surface area contributed by atoms with E-state index in [0.717, 1.165) is 25.9 Å². The highest BCUT2D eigenvalue weighted by Gasteiger charge is 2.31. The van der Waals surface area contributed by atoms with Gasteiger partial charge in [0.15, 0.2) is 0 Å².